The molecule has 1 atom stereocenters. The van der Waals surface area contributed by atoms with Gasteiger partial charge in [0.1, 0.15) is 4.88 Å². The number of amides is 1. The normalized spacial score (nSPS) is 12.3. The van der Waals surface area contributed by atoms with E-state index in [0.29, 0.717) is 17.3 Å². The number of ether oxygens (including phenoxy) is 1. The monoisotopic (exact) mass is 411 g/mol. The van der Waals surface area contributed by atoms with Gasteiger partial charge in [0.05, 0.1) is 3.79 Å². The van der Waals surface area contributed by atoms with Gasteiger partial charge in [0, 0.05) is 11.0 Å². The summed E-state index contributed by atoms with van der Waals surface area (Å²) in [6, 6.07) is 1.66. The van der Waals surface area contributed by atoms with Crippen molar-refractivity contribution in [1.29, 1.82) is 0 Å². The van der Waals surface area contributed by atoms with Crippen LogP contribution in [0.2, 0.25) is 0 Å². The largest absolute Gasteiger partial charge is 0.448 e. The number of hydrogen-bond donors (Lipinski definition) is 1. The van der Waals surface area contributed by atoms with Crippen molar-refractivity contribution in [3.8, 4) is 0 Å². The van der Waals surface area contributed by atoms with Crippen LogP contribution in [0.25, 0.3) is 0 Å². The van der Waals surface area contributed by atoms with Crippen LogP contribution < -0.4 is 5.32 Å². The minimum Gasteiger partial charge on any atom is -0.448 e. The van der Waals surface area contributed by atoms with Gasteiger partial charge in [-0.15, -0.1) is 11.3 Å². The molecule has 0 bridgehead atoms. The summed E-state index contributed by atoms with van der Waals surface area (Å²) >= 11 is 7.86. The molecule has 0 spiro atoms. The molecular weight excluding hydrogens is 398 g/mol. The fourth-order valence-electron chi connectivity index (χ4n) is 1.17. The average Bonchev–Trinajstić information content (AvgIpc) is 2.66. The van der Waals surface area contributed by atoms with Gasteiger partial charge >= 0.3 is 5.97 Å². The summed E-state index contributed by atoms with van der Waals surface area (Å²) in [6.45, 7) is 6.12. The first-order valence-corrected chi connectivity index (χ1v) is 8.15. The summed E-state index contributed by atoms with van der Waals surface area (Å²) in [7, 11) is 0. The molecule has 0 saturated carbocycles. The maximum absolute atomic E-state index is 11.8. The van der Waals surface area contributed by atoms with Crippen LogP contribution >= 0.6 is 43.2 Å². The maximum atomic E-state index is 11.8. The Balaban J connectivity index is 2.54. The fourth-order valence-corrected chi connectivity index (χ4v) is 3.09. The quantitative estimate of drug-likeness (QED) is 0.751. The molecule has 1 aromatic heterocycles. The SMILES string of the molecule is CC(C)CNC(=O)[C@@H](C)OC(=O)c1cc(Br)c(Br)s1. The first-order chi connectivity index (χ1) is 8.81. The van der Waals surface area contributed by atoms with E-state index in [1.54, 1.807) is 13.0 Å². The number of nitrogens with one attached hydrogen (secondary N) is 1. The van der Waals surface area contributed by atoms with Crippen LogP contribution in [0.5, 0.6) is 0 Å². The number of halogens is 2. The van der Waals surface area contributed by atoms with Crippen LogP contribution in [0.15, 0.2) is 14.3 Å². The zero-order valence-corrected chi connectivity index (χ0v) is 14.8. The third-order valence-corrected chi connectivity index (χ3v) is 5.42. The molecule has 1 aromatic rings. The van der Waals surface area contributed by atoms with Gasteiger partial charge in [-0.1, -0.05) is 13.8 Å². The van der Waals surface area contributed by atoms with E-state index in [9.17, 15) is 9.59 Å². The molecule has 4 nitrogen and oxygen atoms in total. The van der Waals surface area contributed by atoms with Crippen molar-refractivity contribution >= 4 is 55.1 Å². The van der Waals surface area contributed by atoms with Gasteiger partial charge in [0.15, 0.2) is 6.10 Å². The zero-order valence-electron chi connectivity index (χ0n) is 10.8. The van der Waals surface area contributed by atoms with Gasteiger partial charge < -0.3 is 10.1 Å². The van der Waals surface area contributed by atoms with E-state index in [-0.39, 0.29) is 5.91 Å². The average molecular weight is 413 g/mol. The van der Waals surface area contributed by atoms with Crippen LogP contribution in [-0.2, 0) is 9.53 Å². The van der Waals surface area contributed by atoms with Crippen molar-refractivity contribution in [3.63, 3.8) is 0 Å². The lowest BCUT2D eigenvalue weighted by Gasteiger charge is -2.13. The maximum Gasteiger partial charge on any atom is 0.349 e. The Hall–Kier alpha value is -0.400. The van der Waals surface area contributed by atoms with Crippen molar-refractivity contribution in [2.45, 2.75) is 26.9 Å². The molecule has 0 radical (unpaired) electrons. The number of thiophene rings is 1. The van der Waals surface area contributed by atoms with Gasteiger partial charge in [0.2, 0.25) is 0 Å². The smallest absolute Gasteiger partial charge is 0.349 e. The second-order valence-corrected chi connectivity index (χ2v) is 7.64. The highest BCUT2D eigenvalue weighted by atomic mass is 79.9. The molecule has 106 valence electrons. The van der Waals surface area contributed by atoms with Crippen LogP contribution in [0.4, 0.5) is 0 Å². The predicted molar refractivity (Wildman–Crippen MR) is 82.4 cm³/mol. The summed E-state index contributed by atoms with van der Waals surface area (Å²) in [5, 5.41) is 2.72. The van der Waals surface area contributed by atoms with Gasteiger partial charge in [-0.3, -0.25) is 4.79 Å². The molecular formula is C12H15Br2NO3S. The van der Waals surface area contributed by atoms with Gasteiger partial charge in [0.25, 0.3) is 5.91 Å². The molecule has 1 rings (SSSR count). The second-order valence-electron chi connectivity index (χ2n) is 4.42. The van der Waals surface area contributed by atoms with E-state index in [1.807, 2.05) is 13.8 Å². The molecule has 0 aromatic carbocycles. The number of rotatable bonds is 5. The molecule has 0 unspecified atom stereocenters. The van der Waals surface area contributed by atoms with Crippen molar-refractivity contribution in [2.24, 2.45) is 5.92 Å². The number of hydrogen-bond acceptors (Lipinski definition) is 4. The molecule has 1 heterocycles. The molecule has 0 fully saturated rings. The number of esters is 1. The molecule has 7 heteroatoms. The molecule has 0 saturated heterocycles. The Labute approximate surface area is 133 Å². The highest BCUT2D eigenvalue weighted by Gasteiger charge is 2.20. The standard InChI is InChI=1S/C12H15Br2NO3S/c1-6(2)5-15-11(16)7(3)18-12(17)9-4-8(13)10(14)19-9/h4,6-7H,5H2,1-3H3,(H,15,16)/t7-/m1/s1. The number of carbonyl (C=O) groups is 2. The van der Waals surface area contributed by atoms with Crippen LogP contribution in [0.3, 0.4) is 0 Å². The molecule has 1 amide bonds. The van der Waals surface area contributed by atoms with Crippen LogP contribution in [0.1, 0.15) is 30.4 Å². The van der Waals surface area contributed by atoms with Gasteiger partial charge in [-0.2, -0.15) is 0 Å². The summed E-state index contributed by atoms with van der Waals surface area (Å²) in [5.41, 5.74) is 0. The van der Waals surface area contributed by atoms with Crippen molar-refractivity contribution in [1.82, 2.24) is 5.32 Å². The first kappa shape index (κ1) is 16.7. The van der Waals surface area contributed by atoms with E-state index in [2.05, 4.69) is 37.2 Å². The number of carbonyl (C=O) groups excluding carboxylic acids is 2. The third kappa shape index (κ3) is 5.24. The lowest BCUT2D eigenvalue weighted by atomic mass is 10.2. The van der Waals surface area contributed by atoms with E-state index in [1.165, 1.54) is 11.3 Å². The van der Waals surface area contributed by atoms with Gasteiger partial charge in [-0.05, 0) is 50.8 Å². The van der Waals surface area contributed by atoms with Crippen LogP contribution in [-0.4, -0.2) is 24.5 Å². The summed E-state index contributed by atoms with van der Waals surface area (Å²) < 4.78 is 6.73. The lowest BCUT2D eigenvalue weighted by Crippen LogP contribution is -2.37. The molecule has 1 N–H and O–H groups in total. The minimum absolute atomic E-state index is 0.281. The summed E-state index contributed by atoms with van der Waals surface area (Å²) in [5.74, 6) is -0.420. The Morgan fingerprint density at radius 1 is 1.37 bits per heavy atom. The highest BCUT2D eigenvalue weighted by Crippen LogP contribution is 2.32. The Bertz CT molecular complexity index is 454. The van der Waals surface area contributed by atoms with E-state index >= 15 is 0 Å². The minimum atomic E-state index is -0.800. The zero-order chi connectivity index (χ0) is 14.6. The predicted octanol–water partition coefficient (Wildman–Crippen LogP) is 3.59. The van der Waals surface area contributed by atoms with Gasteiger partial charge in [-0.25, -0.2) is 4.79 Å². The lowest BCUT2D eigenvalue weighted by molar-refractivity contribution is -0.129. The molecule has 0 aliphatic rings. The second kappa shape index (κ2) is 7.40. The van der Waals surface area contributed by atoms with Crippen LogP contribution in [0, 0.1) is 5.92 Å². The Kier molecular flexibility index (Phi) is 6.49. The topological polar surface area (TPSA) is 55.4 Å². The van der Waals surface area contributed by atoms with E-state index in [4.69, 9.17) is 4.74 Å². The fraction of sp³-hybridized carbons (Fsp3) is 0.500. The van der Waals surface area contributed by atoms with Crippen molar-refractivity contribution < 1.29 is 14.3 Å². The van der Waals surface area contributed by atoms with E-state index < -0.39 is 12.1 Å². The summed E-state index contributed by atoms with van der Waals surface area (Å²) in [4.78, 5) is 24.0. The first-order valence-electron chi connectivity index (χ1n) is 5.74. The molecule has 0 aliphatic heterocycles. The summed E-state index contributed by atoms with van der Waals surface area (Å²) in [6.07, 6.45) is -0.800. The Morgan fingerprint density at radius 2 is 2.00 bits per heavy atom. The molecule has 0 aliphatic carbocycles. The third-order valence-electron chi connectivity index (χ3n) is 2.18. The highest BCUT2D eigenvalue weighted by molar-refractivity contribution is 9.13. The van der Waals surface area contributed by atoms with E-state index in [0.717, 1.165) is 8.26 Å². The van der Waals surface area contributed by atoms with Crippen molar-refractivity contribution in [2.75, 3.05) is 6.54 Å². The molecule has 19 heavy (non-hydrogen) atoms. The Morgan fingerprint density at radius 3 is 2.47 bits per heavy atom. The van der Waals surface area contributed by atoms with Crippen molar-refractivity contribution in [3.05, 3.63) is 19.2 Å².